The van der Waals surface area contributed by atoms with Crippen molar-refractivity contribution in [3.63, 3.8) is 0 Å². The first-order valence-corrected chi connectivity index (χ1v) is 15.6. The van der Waals surface area contributed by atoms with Crippen LogP contribution in [0.15, 0.2) is 163 Å². The van der Waals surface area contributed by atoms with Crippen LogP contribution in [0, 0.1) is 11.3 Å². The lowest BCUT2D eigenvalue weighted by Gasteiger charge is -2.41. The van der Waals surface area contributed by atoms with Crippen LogP contribution in [0.2, 0.25) is 0 Å². The summed E-state index contributed by atoms with van der Waals surface area (Å²) in [5, 5.41) is 3.89. The molecule has 0 saturated heterocycles. The number of fused-ring (bicyclic) bond motifs is 4. The van der Waals surface area contributed by atoms with Gasteiger partial charge in [-0.2, -0.15) is 0 Å². The van der Waals surface area contributed by atoms with E-state index in [1.807, 2.05) is 12.3 Å². The quantitative estimate of drug-likeness (QED) is 0.265. The van der Waals surface area contributed by atoms with Crippen LogP contribution in [0.5, 0.6) is 0 Å². The number of hydrogen-bond donors (Lipinski definition) is 1. The number of nitrogens with zero attached hydrogens (tertiary/aromatic N) is 2. The second-order valence-corrected chi connectivity index (χ2v) is 12.4. The lowest BCUT2D eigenvalue weighted by atomic mass is 9.73. The first kappa shape index (κ1) is 26.5. The number of nitrogens with one attached hydrogen (secondary N) is 1. The Balaban J connectivity index is 1.43. The van der Waals surface area contributed by atoms with Crippen molar-refractivity contribution in [1.29, 1.82) is 0 Å². The Labute approximate surface area is 260 Å². The standard InChI is InChI=1S/C41H35N3/c1-41(2)39(29-18-7-4-8-19-29)37(28-16-5-3-6-17-28)38-32-22-10-9-20-30(32)31-21-11-12-25-35(31)44(40(38)41)36-26-15-24-34(43-36)33-23-13-14-27-42-33/h3-18,20-27,29,34,43H,19H2,1-2H3. The maximum absolute atomic E-state index is 4.70. The van der Waals surface area contributed by atoms with Gasteiger partial charge in [-0.25, -0.2) is 0 Å². The number of rotatable bonds is 4. The summed E-state index contributed by atoms with van der Waals surface area (Å²) < 4.78 is 0. The number of anilines is 1. The zero-order valence-electron chi connectivity index (χ0n) is 25.1. The Morgan fingerprint density at radius 3 is 2.25 bits per heavy atom. The molecule has 4 aliphatic rings. The molecule has 0 amide bonds. The third-order valence-corrected chi connectivity index (χ3v) is 9.40. The Morgan fingerprint density at radius 2 is 1.48 bits per heavy atom. The fourth-order valence-electron chi connectivity index (χ4n) is 7.60. The molecule has 3 aromatic carbocycles. The molecule has 3 heterocycles. The third-order valence-electron chi connectivity index (χ3n) is 9.40. The van der Waals surface area contributed by atoms with Crippen LogP contribution in [-0.2, 0) is 0 Å². The van der Waals surface area contributed by atoms with Crippen LogP contribution >= 0.6 is 0 Å². The maximum Gasteiger partial charge on any atom is 0.111 e. The fourth-order valence-corrected chi connectivity index (χ4v) is 7.60. The van der Waals surface area contributed by atoms with Crippen molar-refractivity contribution in [2.75, 3.05) is 4.90 Å². The molecular weight excluding hydrogens is 534 g/mol. The summed E-state index contributed by atoms with van der Waals surface area (Å²) in [5.74, 6) is 1.35. The van der Waals surface area contributed by atoms with Crippen molar-refractivity contribution < 1.29 is 0 Å². The molecule has 2 aliphatic heterocycles. The van der Waals surface area contributed by atoms with Crippen molar-refractivity contribution in [1.82, 2.24) is 10.3 Å². The van der Waals surface area contributed by atoms with E-state index in [2.05, 4.69) is 158 Å². The minimum Gasteiger partial charge on any atom is -0.359 e. The summed E-state index contributed by atoms with van der Waals surface area (Å²) in [5.41, 5.74) is 12.4. The molecule has 0 saturated carbocycles. The molecule has 3 heteroatoms. The van der Waals surface area contributed by atoms with Gasteiger partial charge in [-0.05, 0) is 58.5 Å². The molecular formula is C41H35N3. The average molecular weight is 570 g/mol. The fraction of sp³-hybridized carbons (Fsp3) is 0.146. The molecule has 0 spiro atoms. The number of allylic oxidation sites excluding steroid dienone is 9. The van der Waals surface area contributed by atoms with Gasteiger partial charge in [0.2, 0.25) is 0 Å². The molecule has 214 valence electrons. The highest BCUT2D eigenvalue weighted by atomic mass is 15.3. The van der Waals surface area contributed by atoms with Gasteiger partial charge in [0.25, 0.3) is 0 Å². The van der Waals surface area contributed by atoms with Gasteiger partial charge in [0.1, 0.15) is 5.82 Å². The largest absolute Gasteiger partial charge is 0.359 e. The number of para-hydroxylation sites is 1. The number of benzene rings is 3. The minimum absolute atomic E-state index is 0.0324. The SMILES string of the molecule is CC1(C)C(C2C=CC=CC2)=C(c2ccccc2)C2=C1N(C1=CC=CC(c3ccccn3)N1)c1ccccc1-c1ccccc12. The zero-order chi connectivity index (χ0) is 29.7. The minimum atomic E-state index is -0.282. The highest BCUT2D eigenvalue weighted by molar-refractivity contribution is 6.16. The summed E-state index contributed by atoms with van der Waals surface area (Å²) in [6.45, 7) is 4.86. The highest BCUT2D eigenvalue weighted by Gasteiger charge is 2.48. The molecule has 44 heavy (non-hydrogen) atoms. The predicted molar refractivity (Wildman–Crippen MR) is 182 cm³/mol. The Morgan fingerprint density at radius 1 is 0.727 bits per heavy atom. The molecule has 8 rings (SSSR count). The van der Waals surface area contributed by atoms with Crippen molar-refractivity contribution in [2.45, 2.75) is 26.3 Å². The topological polar surface area (TPSA) is 28.2 Å². The third kappa shape index (κ3) is 4.15. The van der Waals surface area contributed by atoms with Crippen molar-refractivity contribution in [2.24, 2.45) is 11.3 Å². The molecule has 2 aliphatic carbocycles. The Hall–Kier alpha value is -5.15. The van der Waals surface area contributed by atoms with Gasteiger partial charge < -0.3 is 5.32 Å². The molecule has 0 fully saturated rings. The number of aromatic nitrogens is 1. The lowest BCUT2D eigenvalue weighted by molar-refractivity contribution is 0.479. The van der Waals surface area contributed by atoms with Crippen LogP contribution < -0.4 is 10.2 Å². The monoisotopic (exact) mass is 569 g/mol. The van der Waals surface area contributed by atoms with Crippen LogP contribution in [0.3, 0.4) is 0 Å². The van der Waals surface area contributed by atoms with E-state index in [0.29, 0.717) is 5.92 Å². The summed E-state index contributed by atoms with van der Waals surface area (Å²) in [4.78, 5) is 7.22. The first-order chi connectivity index (χ1) is 21.6. The second-order valence-electron chi connectivity index (χ2n) is 12.4. The molecule has 1 aromatic heterocycles. The van der Waals surface area contributed by atoms with Gasteiger partial charge in [-0.3, -0.25) is 9.88 Å². The van der Waals surface area contributed by atoms with E-state index in [1.54, 1.807) is 0 Å². The molecule has 2 unspecified atom stereocenters. The summed E-state index contributed by atoms with van der Waals surface area (Å²) in [6.07, 6.45) is 18.6. The van der Waals surface area contributed by atoms with Gasteiger partial charge in [-0.1, -0.05) is 129 Å². The van der Waals surface area contributed by atoms with Crippen LogP contribution in [0.1, 0.15) is 43.1 Å². The number of hydrogen-bond acceptors (Lipinski definition) is 3. The molecule has 0 bridgehead atoms. The maximum atomic E-state index is 4.70. The van der Waals surface area contributed by atoms with Crippen molar-refractivity contribution in [3.05, 3.63) is 180 Å². The van der Waals surface area contributed by atoms with E-state index in [0.717, 1.165) is 17.9 Å². The summed E-state index contributed by atoms with van der Waals surface area (Å²) in [7, 11) is 0. The smallest absolute Gasteiger partial charge is 0.111 e. The van der Waals surface area contributed by atoms with E-state index in [1.165, 1.54) is 50.4 Å². The number of pyridine rings is 1. The van der Waals surface area contributed by atoms with Crippen molar-refractivity contribution >= 4 is 16.8 Å². The molecule has 4 aromatic rings. The molecule has 1 N–H and O–H groups in total. The molecule has 2 atom stereocenters. The highest BCUT2D eigenvalue weighted by Crippen LogP contribution is 2.62. The second kappa shape index (κ2) is 10.5. The predicted octanol–water partition coefficient (Wildman–Crippen LogP) is 9.65. The van der Waals surface area contributed by atoms with Crippen LogP contribution in [0.25, 0.3) is 22.3 Å². The Kier molecular flexibility index (Phi) is 6.34. The zero-order valence-corrected chi connectivity index (χ0v) is 25.1. The van der Waals surface area contributed by atoms with E-state index in [4.69, 9.17) is 4.98 Å². The number of dihydropyridines is 1. The van der Waals surface area contributed by atoms with Crippen molar-refractivity contribution in [3.8, 4) is 11.1 Å². The average Bonchev–Trinajstić information content (AvgIpc) is 3.24. The Bertz CT molecular complexity index is 1940. The van der Waals surface area contributed by atoms with E-state index >= 15 is 0 Å². The molecule has 3 nitrogen and oxygen atoms in total. The van der Waals surface area contributed by atoms with E-state index in [-0.39, 0.29) is 11.5 Å². The van der Waals surface area contributed by atoms with Gasteiger partial charge >= 0.3 is 0 Å². The van der Waals surface area contributed by atoms with Gasteiger partial charge in [0.05, 0.1) is 17.4 Å². The lowest BCUT2D eigenvalue weighted by Crippen LogP contribution is -2.39. The van der Waals surface area contributed by atoms with Gasteiger partial charge in [0.15, 0.2) is 0 Å². The molecule has 0 radical (unpaired) electrons. The van der Waals surface area contributed by atoms with Gasteiger partial charge in [0, 0.05) is 34.4 Å². The first-order valence-electron chi connectivity index (χ1n) is 15.6. The van der Waals surface area contributed by atoms with Crippen LogP contribution in [-0.4, -0.2) is 4.98 Å². The normalized spacial score (nSPS) is 21.3. The van der Waals surface area contributed by atoms with Crippen LogP contribution in [0.4, 0.5) is 5.69 Å². The summed E-state index contributed by atoms with van der Waals surface area (Å²) >= 11 is 0. The van der Waals surface area contributed by atoms with Gasteiger partial charge in [-0.15, -0.1) is 0 Å². The van der Waals surface area contributed by atoms with E-state index in [9.17, 15) is 0 Å². The van der Waals surface area contributed by atoms with E-state index < -0.39 is 0 Å². The summed E-state index contributed by atoms with van der Waals surface area (Å²) in [6, 6.07) is 35.0.